The van der Waals surface area contributed by atoms with Gasteiger partial charge in [0, 0.05) is 19.7 Å². The fourth-order valence-corrected chi connectivity index (χ4v) is 2.58. The summed E-state index contributed by atoms with van der Waals surface area (Å²) < 4.78 is 17.1. The third-order valence-corrected chi connectivity index (χ3v) is 3.63. The molecule has 2 atom stereocenters. The van der Waals surface area contributed by atoms with Gasteiger partial charge in [-0.15, -0.1) is 0 Å². The SMILES string of the molecule is c1ccc2c(c1)OCC(CNCC1CCCOC1)O2. The molecule has 1 fully saturated rings. The Hall–Kier alpha value is -1.26. The van der Waals surface area contributed by atoms with Gasteiger partial charge in [0.15, 0.2) is 11.5 Å². The highest BCUT2D eigenvalue weighted by atomic mass is 16.6. The Morgan fingerprint density at radius 3 is 2.84 bits per heavy atom. The molecule has 2 aliphatic heterocycles. The lowest BCUT2D eigenvalue weighted by molar-refractivity contribution is 0.0508. The summed E-state index contributed by atoms with van der Waals surface area (Å²) >= 11 is 0. The monoisotopic (exact) mass is 263 g/mol. The summed E-state index contributed by atoms with van der Waals surface area (Å²) in [5, 5.41) is 3.47. The largest absolute Gasteiger partial charge is 0.486 e. The zero-order chi connectivity index (χ0) is 12.9. The van der Waals surface area contributed by atoms with Crippen molar-refractivity contribution in [3.8, 4) is 11.5 Å². The highest BCUT2D eigenvalue weighted by Crippen LogP contribution is 2.30. The number of hydrogen-bond acceptors (Lipinski definition) is 4. The maximum absolute atomic E-state index is 5.90. The van der Waals surface area contributed by atoms with Gasteiger partial charge in [0.2, 0.25) is 0 Å². The van der Waals surface area contributed by atoms with E-state index in [4.69, 9.17) is 14.2 Å². The van der Waals surface area contributed by atoms with Gasteiger partial charge in [-0.1, -0.05) is 12.1 Å². The van der Waals surface area contributed by atoms with Crippen LogP contribution in [0.2, 0.25) is 0 Å². The molecule has 2 heterocycles. The number of fused-ring (bicyclic) bond motifs is 1. The second-order valence-electron chi connectivity index (χ2n) is 5.24. The molecule has 2 aliphatic rings. The molecule has 0 aliphatic carbocycles. The van der Waals surface area contributed by atoms with Crippen LogP contribution < -0.4 is 14.8 Å². The van der Waals surface area contributed by atoms with Crippen LogP contribution in [0, 0.1) is 5.92 Å². The quantitative estimate of drug-likeness (QED) is 0.900. The predicted molar refractivity (Wildman–Crippen MR) is 72.8 cm³/mol. The molecule has 3 rings (SSSR count). The van der Waals surface area contributed by atoms with Crippen LogP contribution in [0.1, 0.15) is 12.8 Å². The summed E-state index contributed by atoms with van der Waals surface area (Å²) in [4.78, 5) is 0. The van der Waals surface area contributed by atoms with E-state index in [9.17, 15) is 0 Å². The maximum atomic E-state index is 5.90. The summed E-state index contributed by atoms with van der Waals surface area (Å²) in [6.07, 6.45) is 2.54. The van der Waals surface area contributed by atoms with Crippen LogP contribution >= 0.6 is 0 Å². The van der Waals surface area contributed by atoms with Crippen molar-refractivity contribution >= 4 is 0 Å². The molecule has 0 aromatic heterocycles. The van der Waals surface area contributed by atoms with Gasteiger partial charge in [-0.25, -0.2) is 0 Å². The van der Waals surface area contributed by atoms with Crippen LogP contribution in [0.3, 0.4) is 0 Å². The van der Waals surface area contributed by atoms with Crippen molar-refractivity contribution in [2.45, 2.75) is 18.9 Å². The third-order valence-electron chi connectivity index (χ3n) is 3.63. The molecular weight excluding hydrogens is 242 g/mol. The molecule has 2 unspecified atom stereocenters. The lowest BCUT2D eigenvalue weighted by atomic mass is 10.0. The van der Waals surface area contributed by atoms with Crippen molar-refractivity contribution in [2.24, 2.45) is 5.92 Å². The van der Waals surface area contributed by atoms with Gasteiger partial charge in [-0.2, -0.15) is 0 Å². The van der Waals surface area contributed by atoms with Gasteiger partial charge in [0.05, 0.1) is 6.61 Å². The lowest BCUT2D eigenvalue weighted by Crippen LogP contribution is -2.40. The van der Waals surface area contributed by atoms with Crippen molar-refractivity contribution in [2.75, 3.05) is 32.9 Å². The van der Waals surface area contributed by atoms with Gasteiger partial charge in [-0.05, 0) is 30.9 Å². The van der Waals surface area contributed by atoms with Crippen LogP contribution in [0.4, 0.5) is 0 Å². The molecular formula is C15H21NO3. The van der Waals surface area contributed by atoms with Crippen LogP contribution in [-0.2, 0) is 4.74 Å². The van der Waals surface area contributed by atoms with Gasteiger partial charge >= 0.3 is 0 Å². The smallest absolute Gasteiger partial charge is 0.161 e. The van der Waals surface area contributed by atoms with Gasteiger partial charge in [0.1, 0.15) is 12.7 Å². The lowest BCUT2D eigenvalue weighted by Gasteiger charge is -2.28. The fraction of sp³-hybridized carbons (Fsp3) is 0.600. The van der Waals surface area contributed by atoms with E-state index in [0.717, 1.165) is 37.8 Å². The molecule has 19 heavy (non-hydrogen) atoms. The standard InChI is InChI=1S/C15H21NO3/c1-2-6-15-14(5-1)18-11-13(19-15)9-16-8-12-4-3-7-17-10-12/h1-2,5-6,12-13,16H,3-4,7-11H2. The van der Waals surface area contributed by atoms with E-state index < -0.39 is 0 Å². The van der Waals surface area contributed by atoms with E-state index in [0.29, 0.717) is 12.5 Å². The van der Waals surface area contributed by atoms with Gasteiger partial charge in [0.25, 0.3) is 0 Å². The first kappa shape index (κ1) is 12.8. The Labute approximate surface area is 114 Å². The molecule has 0 bridgehead atoms. The molecule has 1 aromatic carbocycles. The number of hydrogen-bond donors (Lipinski definition) is 1. The highest BCUT2D eigenvalue weighted by molar-refractivity contribution is 5.40. The van der Waals surface area contributed by atoms with Crippen LogP contribution in [0.15, 0.2) is 24.3 Å². The molecule has 0 amide bonds. The number of para-hydroxylation sites is 2. The minimum atomic E-state index is 0.0967. The summed E-state index contributed by atoms with van der Waals surface area (Å²) in [5.74, 6) is 2.34. The molecule has 104 valence electrons. The molecule has 1 saturated heterocycles. The van der Waals surface area contributed by atoms with Crippen molar-refractivity contribution in [3.05, 3.63) is 24.3 Å². The van der Waals surface area contributed by atoms with Crippen LogP contribution in [0.25, 0.3) is 0 Å². The minimum absolute atomic E-state index is 0.0967. The first-order chi connectivity index (χ1) is 9.42. The second kappa shape index (κ2) is 6.26. The topological polar surface area (TPSA) is 39.7 Å². The Morgan fingerprint density at radius 1 is 1.11 bits per heavy atom. The molecule has 0 saturated carbocycles. The fourth-order valence-electron chi connectivity index (χ4n) is 2.58. The number of rotatable bonds is 4. The van der Waals surface area contributed by atoms with E-state index in [1.807, 2.05) is 24.3 Å². The van der Waals surface area contributed by atoms with E-state index in [1.165, 1.54) is 12.8 Å². The zero-order valence-electron chi connectivity index (χ0n) is 11.1. The Bertz CT molecular complexity index is 404. The number of benzene rings is 1. The zero-order valence-corrected chi connectivity index (χ0v) is 11.1. The first-order valence-electron chi connectivity index (χ1n) is 7.09. The average molecular weight is 263 g/mol. The average Bonchev–Trinajstić information content (AvgIpc) is 2.48. The van der Waals surface area contributed by atoms with E-state index in [1.54, 1.807) is 0 Å². The molecule has 0 spiro atoms. The third kappa shape index (κ3) is 3.39. The summed E-state index contributed by atoms with van der Waals surface area (Å²) in [5.41, 5.74) is 0. The van der Waals surface area contributed by atoms with Gasteiger partial charge < -0.3 is 19.5 Å². The highest BCUT2D eigenvalue weighted by Gasteiger charge is 2.21. The molecule has 1 aromatic rings. The number of ether oxygens (including phenoxy) is 3. The van der Waals surface area contributed by atoms with Crippen LogP contribution in [-0.4, -0.2) is 39.0 Å². The van der Waals surface area contributed by atoms with Crippen molar-refractivity contribution in [3.63, 3.8) is 0 Å². The van der Waals surface area contributed by atoms with Crippen molar-refractivity contribution < 1.29 is 14.2 Å². The molecule has 4 nitrogen and oxygen atoms in total. The van der Waals surface area contributed by atoms with Gasteiger partial charge in [-0.3, -0.25) is 0 Å². The molecule has 0 radical (unpaired) electrons. The Balaban J connectivity index is 1.42. The predicted octanol–water partition coefficient (Wildman–Crippen LogP) is 1.84. The summed E-state index contributed by atoms with van der Waals surface area (Å²) in [6.45, 7) is 4.25. The second-order valence-corrected chi connectivity index (χ2v) is 5.24. The van der Waals surface area contributed by atoms with Crippen LogP contribution in [0.5, 0.6) is 11.5 Å². The van der Waals surface area contributed by atoms with Crippen molar-refractivity contribution in [1.29, 1.82) is 0 Å². The molecule has 4 heteroatoms. The summed E-state index contributed by atoms with van der Waals surface area (Å²) in [6, 6.07) is 7.83. The minimum Gasteiger partial charge on any atom is -0.486 e. The Kier molecular flexibility index (Phi) is 4.20. The molecule has 1 N–H and O–H groups in total. The summed E-state index contributed by atoms with van der Waals surface area (Å²) in [7, 11) is 0. The Morgan fingerprint density at radius 2 is 2.00 bits per heavy atom. The number of nitrogens with one attached hydrogen (secondary N) is 1. The maximum Gasteiger partial charge on any atom is 0.161 e. The van der Waals surface area contributed by atoms with E-state index in [-0.39, 0.29) is 6.10 Å². The van der Waals surface area contributed by atoms with Crippen molar-refractivity contribution in [1.82, 2.24) is 5.32 Å². The first-order valence-corrected chi connectivity index (χ1v) is 7.09. The van der Waals surface area contributed by atoms with E-state index >= 15 is 0 Å². The van der Waals surface area contributed by atoms with E-state index in [2.05, 4.69) is 5.32 Å². The normalized spacial score (nSPS) is 26.1.